The van der Waals surface area contributed by atoms with Gasteiger partial charge in [-0.3, -0.25) is 14.4 Å². The molecule has 0 unspecified atom stereocenters. The largest absolute Gasteiger partial charge is 0.462 e. The Morgan fingerprint density at radius 2 is 0.540 bits per heavy atom. The lowest BCUT2D eigenvalue weighted by atomic mass is 10.0. The van der Waals surface area contributed by atoms with Crippen molar-refractivity contribution < 1.29 is 28.6 Å². The molecule has 1 atom stereocenters. The Morgan fingerprint density at radius 1 is 0.302 bits per heavy atom. The van der Waals surface area contributed by atoms with Gasteiger partial charge in [-0.25, -0.2) is 0 Å². The number of carbonyl (C=O) groups is 3. The Morgan fingerprint density at radius 3 is 0.857 bits per heavy atom. The van der Waals surface area contributed by atoms with Gasteiger partial charge >= 0.3 is 17.9 Å². The van der Waals surface area contributed by atoms with Gasteiger partial charge in [0.2, 0.25) is 0 Å². The Balaban J connectivity index is 4.24. The first-order chi connectivity index (χ1) is 31.0. The number of esters is 3. The van der Waals surface area contributed by atoms with Crippen LogP contribution in [-0.2, 0) is 28.6 Å². The molecule has 0 radical (unpaired) electrons. The molecule has 0 saturated carbocycles. The Hall–Kier alpha value is -2.11. The minimum absolute atomic E-state index is 0.0733. The van der Waals surface area contributed by atoms with Gasteiger partial charge in [0.25, 0.3) is 0 Å². The van der Waals surface area contributed by atoms with Crippen LogP contribution in [-0.4, -0.2) is 37.2 Å². The van der Waals surface area contributed by atoms with Crippen LogP contribution in [0.5, 0.6) is 0 Å². The maximum absolute atomic E-state index is 12.8. The minimum atomic E-state index is -0.774. The topological polar surface area (TPSA) is 78.9 Å². The smallest absolute Gasteiger partial charge is 0.306 e. The molecule has 0 saturated heterocycles. The van der Waals surface area contributed by atoms with Crippen LogP contribution in [0.3, 0.4) is 0 Å². The second-order valence-electron chi connectivity index (χ2n) is 18.8. The van der Waals surface area contributed by atoms with E-state index >= 15 is 0 Å². The maximum atomic E-state index is 12.8. The van der Waals surface area contributed by atoms with Crippen LogP contribution in [0.1, 0.15) is 303 Å². The van der Waals surface area contributed by atoms with Gasteiger partial charge in [-0.15, -0.1) is 0 Å². The normalized spacial score (nSPS) is 12.1. The summed E-state index contributed by atoms with van der Waals surface area (Å²) in [6.07, 6.45) is 60.3. The molecule has 0 spiro atoms. The molecule has 0 N–H and O–H groups in total. The second-order valence-corrected chi connectivity index (χ2v) is 18.8. The Labute approximate surface area is 392 Å². The lowest BCUT2D eigenvalue weighted by Gasteiger charge is -2.18. The van der Waals surface area contributed by atoms with E-state index in [1.54, 1.807) is 0 Å². The molecule has 63 heavy (non-hydrogen) atoms. The lowest BCUT2D eigenvalue weighted by molar-refractivity contribution is -0.167. The summed E-state index contributed by atoms with van der Waals surface area (Å²) >= 11 is 0. The standard InChI is InChI=1S/C57H106O6/c1-4-7-10-13-16-19-22-24-25-26-27-28-29-30-31-33-35-38-41-44-47-50-56(59)62-53-54(52-61-55(58)49-46-43-40-37-34-21-18-15-12-9-6-3)63-57(60)51-48-45-42-39-36-32-23-20-17-14-11-8-5-2/h15,18,20,23,54H,4-14,16-17,19,21-22,24-53H2,1-3H3/b18-15-,23-20-/t54-/m1/s1. The van der Waals surface area contributed by atoms with Crippen molar-refractivity contribution in [2.45, 2.75) is 309 Å². The van der Waals surface area contributed by atoms with Crippen molar-refractivity contribution in [1.29, 1.82) is 0 Å². The SMILES string of the molecule is CCCC/C=C\CCCCCCCC(=O)OC[C@H](COC(=O)CCCCCCCCCCCCCCCCCCCCCCC)OC(=O)CCCCCCC/C=C\CCCCCC. The van der Waals surface area contributed by atoms with E-state index in [0.29, 0.717) is 19.3 Å². The first kappa shape index (κ1) is 60.9. The van der Waals surface area contributed by atoms with Gasteiger partial charge < -0.3 is 14.2 Å². The summed E-state index contributed by atoms with van der Waals surface area (Å²) in [7, 11) is 0. The average Bonchev–Trinajstić information content (AvgIpc) is 3.28. The van der Waals surface area contributed by atoms with Crippen LogP contribution in [0.4, 0.5) is 0 Å². The number of ether oxygens (including phenoxy) is 3. The van der Waals surface area contributed by atoms with Crippen LogP contribution in [0.25, 0.3) is 0 Å². The highest BCUT2D eigenvalue weighted by Crippen LogP contribution is 2.17. The number of allylic oxidation sites excluding steroid dienone is 4. The van der Waals surface area contributed by atoms with Crippen LogP contribution in [0.15, 0.2) is 24.3 Å². The second kappa shape index (κ2) is 52.5. The summed E-state index contributed by atoms with van der Waals surface area (Å²) in [5.41, 5.74) is 0. The summed E-state index contributed by atoms with van der Waals surface area (Å²) in [5.74, 6) is -0.877. The van der Waals surface area contributed by atoms with Crippen LogP contribution in [0.2, 0.25) is 0 Å². The quantitative estimate of drug-likeness (QED) is 0.0262. The molecule has 0 heterocycles. The zero-order valence-corrected chi connectivity index (χ0v) is 42.4. The van der Waals surface area contributed by atoms with Crippen LogP contribution < -0.4 is 0 Å². The molecule has 0 rings (SSSR count). The number of unbranched alkanes of at least 4 members (excludes halogenated alkanes) is 36. The number of hydrogen-bond acceptors (Lipinski definition) is 6. The summed E-state index contributed by atoms with van der Waals surface area (Å²) in [5, 5.41) is 0. The van der Waals surface area contributed by atoms with Gasteiger partial charge in [0.1, 0.15) is 13.2 Å². The number of hydrogen-bond donors (Lipinski definition) is 0. The van der Waals surface area contributed by atoms with Gasteiger partial charge in [0.15, 0.2) is 6.10 Å². The molecule has 0 amide bonds. The van der Waals surface area contributed by atoms with E-state index in [1.165, 1.54) is 193 Å². The van der Waals surface area contributed by atoms with Gasteiger partial charge in [0, 0.05) is 19.3 Å². The Bertz CT molecular complexity index is 1020. The van der Waals surface area contributed by atoms with E-state index in [0.717, 1.165) is 70.6 Å². The predicted molar refractivity (Wildman–Crippen MR) is 270 cm³/mol. The summed E-state index contributed by atoms with van der Waals surface area (Å²) in [6.45, 7) is 6.61. The molecule has 0 aliphatic heterocycles. The van der Waals surface area contributed by atoms with Gasteiger partial charge in [0.05, 0.1) is 0 Å². The monoisotopic (exact) mass is 887 g/mol. The Kier molecular flexibility index (Phi) is 50.8. The predicted octanol–water partition coefficient (Wildman–Crippen LogP) is 18.3. The first-order valence-electron chi connectivity index (χ1n) is 27.8. The molecule has 6 heteroatoms. The summed E-state index contributed by atoms with van der Waals surface area (Å²) in [4.78, 5) is 38.0. The van der Waals surface area contributed by atoms with Crippen molar-refractivity contribution >= 4 is 17.9 Å². The van der Waals surface area contributed by atoms with Gasteiger partial charge in [-0.05, 0) is 64.2 Å². The summed E-state index contributed by atoms with van der Waals surface area (Å²) in [6, 6.07) is 0. The molecule has 0 aromatic carbocycles. The fourth-order valence-electron chi connectivity index (χ4n) is 8.18. The highest BCUT2D eigenvalue weighted by Gasteiger charge is 2.19. The highest BCUT2D eigenvalue weighted by molar-refractivity contribution is 5.71. The van der Waals surface area contributed by atoms with E-state index in [1.807, 2.05) is 0 Å². The van der Waals surface area contributed by atoms with Crippen molar-refractivity contribution in [2.24, 2.45) is 0 Å². The van der Waals surface area contributed by atoms with Crippen molar-refractivity contribution in [3.05, 3.63) is 24.3 Å². The third kappa shape index (κ3) is 50.7. The van der Waals surface area contributed by atoms with Crippen LogP contribution in [0, 0.1) is 0 Å². The number of rotatable bonds is 51. The third-order valence-corrected chi connectivity index (χ3v) is 12.4. The molecule has 0 aliphatic rings. The number of carbonyl (C=O) groups excluding carboxylic acids is 3. The third-order valence-electron chi connectivity index (χ3n) is 12.4. The van der Waals surface area contributed by atoms with E-state index < -0.39 is 6.10 Å². The molecule has 6 nitrogen and oxygen atoms in total. The van der Waals surface area contributed by atoms with Crippen LogP contribution >= 0.6 is 0 Å². The molecule has 0 aromatic heterocycles. The molecule has 0 fully saturated rings. The average molecular weight is 887 g/mol. The maximum Gasteiger partial charge on any atom is 0.306 e. The van der Waals surface area contributed by atoms with E-state index in [4.69, 9.17) is 14.2 Å². The fourth-order valence-corrected chi connectivity index (χ4v) is 8.18. The molecular formula is C57H106O6. The van der Waals surface area contributed by atoms with E-state index in [-0.39, 0.29) is 31.1 Å². The molecule has 0 aromatic rings. The van der Waals surface area contributed by atoms with E-state index in [9.17, 15) is 14.4 Å². The van der Waals surface area contributed by atoms with Gasteiger partial charge in [-0.1, -0.05) is 244 Å². The minimum Gasteiger partial charge on any atom is -0.462 e. The summed E-state index contributed by atoms with van der Waals surface area (Å²) < 4.78 is 16.8. The van der Waals surface area contributed by atoms with Crippen molar-refractivity contribution in [3.8, 4) is 0 Å². The van der Waals surface area contributed by atoms with Crippen molar-refractivity contribution in [3.63, 3.8) is 0 Å². The van der Waals surface area contributed by atoms with E-state index in [2.05, 4.69) is 45.1 Å². The first-order valence-corrected chi connectivity index (χ1v) is 27.8. The van der Waals surface area contributed by atoms with Crippen molar-refractivity contribution in [2.75, 3.05) is 13.2 Å². The fraction of sp³-hybridized carbons (Fsp3) is 0.877. The zero-order valence-electron chi connectivity index (χ0n) is 42.4. The lowest BCUT2D eigenvalue weighted by Crippen LogP contribution is -2.30. The van der Waals surface area contributed by atoms with Crippen molar-refractivity contribution in [1.82, 2.24) is 0 Å². The van der Waals surface area contributed by atoms with Gasteiger partial charge in [-0.2, -0.15) is 0 Å². The zero-order chi connectivity index (χ0) is 45.8. The molecular weight excluding hydrogens is 781 g/mol. The molecule has 370 valence electrons. The molecule has 0 bridgehead atoms. The molecule has 0 aliphatic carbocycles. The highest BCUT2D eigenvalue weighted by atomic mass is 16.6.